The number of aliphatic hydroxyl groups excluding tert-OH is 1. The molecule has 0 aromatic rings. The van der Waals surface area contributed by atoms with Crippen molar-refractivity contribution in [2.75, 3.05) is 13.1 Å². The molecule has 0 spiro atoms. The fraction of sp³-hybridized carbons (Fsp3) is 0.400. The third-order valence-electron chi connectivity index (χ3n) is 2.96. The molecule has 3 rings (SSSR count). The number of fused-ring (bicyclic) bond motifs is 2. The van der Waals surface area contributed by atoms with Gasteiger partial charge in [0.25, 0.3) is 0 Å². The normalized spacial score (nSPS) is 34.6. The summed E-state index contributed by atoms with van der Waals surface area (Å²) in [6, 6.07) is 0. The van der Waals surface area contributed by atoms with E-state index in [1.54, 1.807) is 6.08 Å². The lowest BCUT2D eigenvalue weighted by Gasteiger charge is -2.23. The number of allylic oxidation sites excluding steroid dienone is 2. The second-order valence-electron chi connectivity index (χ2n) is 3.72. The van der Waals surface area contributed by atoms with E-state index in [2.05, 4.69) is 5.32 Å². The van der Waals surface area contributed by atoms with Crippen molar-refractivity contribution in [1.29, 1.82) is 0 Å². The van der Waals surface area contributed by atoms with Gasteiger partial charge in [-0.05, 0) is 12.2 Å². The molecule has 0 saturated heterocycles. The summed E-state index contributed by atoms with van der Waals surface area (Å²) in [6.45, 7) is 1.42. The lowest BCUT2D eigenvalue weighted by molar-refractivity contribution is 0.0827. The second-order valence-corrected chi connectivity index (χ2v) is 3.72. The molecule has 0 saturated carbocycles. The van der Waals surface area contributed by atoms with Gasteiger partial charge in [0, 0.05) is 25.1 Å². The molecule has 4 heteroatoms. The van der Waals surface area contributed by atoms with Gasteiger partial charge in [-0.2, -0.15) is 0 Å². The minimum atomic E-state index is -1.37. The summed E-state index contributed by atoms with van der Waals surface area (Å²) in [7, 11) is 0. The first kappa shape index (κ1) is 8.08. The molecule has 1 unspecified atom stereocenters. The van der Waals surface area contributed by atoms with Crippen LogP contribution in [0.4, 0.5) is 0 Å². The Balaban J connectivity index is 2.12. The van der Waals surface area contributed by atoms with Crippen molar-refractivity contribution >= 4 is 0 Å². The van der Waals surface area contributed by atoms with Crippen LogP contribution < -0.4 is 5.32 Å². The first-order valence-electron chi connectivity index (χ1n) is 4.68. The van der Waals surface area contributed by atoms with Crippen LogP contribution in [0.3, 0.4) is 0 Å². The maximum atomic E-state index is 10.3. The Kier molecular flexibility index (Phi) is 1.39. The molecule has 3 N–H and O–H groups in total. The minimum absolute atomic E-state index is 0.0406. The van der Waals surface area contributed by atoms with Gasteiger partial charge < -0.3 is 20.3 Å². The highest BCUT2D eigenvalue weighted by Crippen LogP contribution is 2.46. The maximum Gasteiger partial charge on any atom is 0.205 e. The van der Waals surface area contributed by atoms with Crippen molar-refractivity contribution in [2.45, 2.75) is 12.0 Å². The molecule has 1 aliphatic carbocycles. The molecule has 1 atom stereocenters. The third kappa shape index (κ3) is 0.755. The number of aliphatic hydroxyl groups is 2. The van der Waals surface area contributed by atoms with Gasteiger partial charge in [0.1, 0.15) is 17.3 Å². The molecule has 0 fully saturated rings. The summed E-state index contributed by atoms with van der Waals surface area (Å²) in [5.41, 5.74) is -0.621. The zero-order chi connectivity index (χ0) is 9.76. The summed E-state index contributed by atoms with van der Waals surface area (Å²) in [5, 5.41) is 23.1. The van der Waals surface area contributed by atoms with E-state index in [1.807, 2.05) is 0 Å². The van der Waals surface area contributed by atoms with Crippen molar-refractivity contribution in [3.63, 3.8) is 0 Å². The first-order chi connectivity index (χ1) is 6.73. The predicted octanol–water partition coefficient (Wildman–Crippen LogP) is 0.334. The van der Waals surface area contributed by atoms with Crippen molar-refractivity contribution in [2.24, 2.45) is 0 Å². The summed E-state index contributed by atoms with van der Waals surface area (Å²) in [5.74, 6) is 1.20. The largest absolute Gasteiger partial charge is 0.508 e. The molecule has 74 valence electrons. The molecule has 3 aliphatic rings. The van der Waals surface area contributed by atoms with Crippen molar-refractivity contribution < 1.29 is 14.9 Å². The maximum absolute atomic E-state index is 10.3. The van der Waals surface area contributed by atoms with E-state index in [-0.39, 0.29) is 5.76 Å². The predicted molar refractivity (Wildman–Crippen MR) is 49.3 cm³/mol. The van der Waals surface area contributed by atoms with Crippen LogP contribution in [-0.2, 0) is 4.74 Å². The molecular formula is C10H11NO3. The summed E-state index contributed by atoms with van der Waals surface area (Å²) in [4.78, 5) is 0. The van der Waals surface area contributed by atoms with E-state index in [0.717, 1.165) is 24.3 Å². The van der Waals surface area contributed by atoms with Crippen LogP contribution in [0.5, 0.6) is 0 Å². The van der Waals surface area contributed by atoms with Gasteiger partial charge in [0.15, 0.2) is 0 Å². The van der Waals surface area contributed by atoms with E-state index in [1.165, 1.54) is 6.08 Å². The number of rotatable bonds is 0. The fourth-order valence-electron chi connectivity index (χ4n) is 2.17. The molecule has 0 amide bonds. The smallest absolute Gasteiger partial charge is 0.205 e. The second kappa shape index (κ2) is 2.40. The average molecular weight is 193 g/mol. The van der Waals surface area contributed by atoms with Gasteiger partial charge in [0.05, 0.1) is 0 Å². The van der Waals surface area contributed by atoms with Gasteiger partial charge >= 0.3 is 0 Å². The Hall–Kier alpha value is -1.26. The van der Waals surface area contributed by atoms with Gasteiger partial charge in [-0.1, -0.05) is 0 Å². The molecule has 2 aliphatic heterocycles. The molecule has 0 radical (unpaired) electrons. The summed E-state index contributed by atoms with van der Waals surface area (Å²) < 4.78 is 5.50. The molecule has 4 nitrogen and oxygen atoms in total. The Labute approximate surface area is 81.2 Å². The molecule has 2 heterocycles. The SMILES string of the molecule is OC1=CC=C2OC3=C(CNCC3)C12O. The summed E-state index contributed by atoms with van der Waals surface area (Å²) >= 11 is 0. The topological polar surface area (TPSA) is 61.7 Å². The van der Waals surface area contributed by atoms with Crippen LogP contribution in [0.25, 0.3) is 0 Å². The first-order valence-corrected chi connectivity index (χ1v) is 4.68. The van der Waals surface area contributed by atoms with Crippen molar-refractivity contribution in [3.8, 4) is 0 Å². The highest BCUT2D eigenvalue weighted by molar-refractivity contribution is 5.52. The van der Waals surface area contributed by atoms with Crippen LogP contribution in [0.15, 0.2) is 35.0 Å². The van der Waals surface area contributed by atoms with Gasteiger partial charge in [-0.3, -0.25) is 0 Å². The van der Waals surface area contributed by atoms with Crippen LogP contribution in [0.1, 0.15) is 6.42 Å². The monoisotopic (exact) mass is 193 g/mol. The Bertz CT molecular complexity index is 394. The Morgan fingerprint density at radius 3 is 3.14 bits per heavy atom. The fourth-order valence-corrected chi connectivity index (χ4v) is 2.17. The quantitative estimate of drug-likeness (QED) is 0.519. The number of hydrogen-bond donors (Lipinski definition) is 3. The van der Waals surface area contributed by atoms with E-state index in [0.29, 0.717) is 12.3 Å². The lowest BCUT2D eigenvalue weighted by atomic mass is 9.91. The molecular weight excluding hydrogens is 182 g/mol. The number of nitrogens with one attached hydrogen (secondary N) is 1. The highest BCUT2D eigenvalue weighted by Gasteiger charge is 2.51. The third-order valence-corrected chi connectivity index (χ3v) is 2.96. The Morgan fingerprint density at radius 2 is 2.29 bits per heavy atom. The zero-order valence-electron chi connectivity index (χ0n) is 7.58. The average Bonchev–Trinajstić information content (AvgIpc) is 2.63. The van der Waals surface area contributed by atoms with E-state index in [9.17, 15) is 10.2 Å². The van der Waals surface area contributed by atoms with Crippen LogP contribution >= 0.6 is 0 Å². The van der Waals surface area contributed by atoms with Crippen LogP contribution in [0.2, 0.25) is 0 Å². The minimum Gasteiger partial charge on any atom is -0.508 e. The Morgan fingerprint density at radius 1 is 1.43 bits per heavy atom. The van der Waals surface area contributed by atoms with Gasteiger partial charge in [0.2, 0.25) is 5.60 Å². The molecule has 14 heavy (non-hydrogen) atoms. The van der Waals surface area contributed by atoms with E-state index in [4.69, 9.17) is 4.74 Å². The standard InChI is InChI=1S/C10H11NO3/c12-8-1-2-9-10(8,13)6-5-11-4-3-7(6)14-9/h1-2,11-13H,3-5H2. The van der Waals surface area contributed by atoms with E-state index >= 15 is 0 Å². The van der Waals surface area contributed by atoms with Gasteiger partial charge in [-0.15, -0.1) is 0 Å². The van der Waals surface area contributed by atoms with Crippen molar-refractivity contribution in [1.82, 2.24) is 5.32 Å². The molecule has 0 aromatic heterocycles. The molecule has 0 aromatic carbocycles. The molecule has 0 bridgehead atoms. The van der Waals surface area contributed by atoms with E-state index < -0.39 is 5.60 Å². The van der Waals surface area contributed by atoms with Crippen molar-refractivity contribution in [3.05, 3.63) is 35.0 Å². The van der Waals surface area contributed by atoms with Crippen LogP contribution in [-0.4, -0.2) is 28.9 Å². The van der Waals surface area contributed by atoms with Gasteiger partial charge in [-0.25, -0.2) is 0 Å². The zero-order valence-corrected chi connectivity index (χ0v) is 7.58. The number of hydrogen-bond acceptors (Lipinski definition) is 4. The lowest BCUT2D eigenvalue weighted by Crippen LogP contribution is -2.37. The highest BCUT2D eigenvalue weighted by atomic mass is 16.5. The number of ether oxygens (including phenoxy) is 1. The summed E-state index contributed by atoms with van der Waals surface area (Å²) in [6.07, 6.45) is 3.86. The van der Waals surface area contributed by atoms with Crippen LogP contribution in [0, 0.1) is 0 Å².